The minimum Gasteiger partial charge on any atom is -0.476 e. The Labute approximate surface area is 214 Å². The summed E-state index contributed by atoms with van der Waals surface area (Å²) in [7, 11) is 0. The van der Waals surface area contributed by atoms with Crippen LogP contribution in [0.1, 0.15) is 61.7 Å². The highest BCUT2D eigenvalue weighted by atomic mass is 35.5. The maximum absolute atomic E-state index is 11.8. The van der Waals surface area contributed by atoms with Crippen LogP contribution in [0, 0.1) is 0 Å². The maximum Gasteiger partial charge on any atom is 0.355 e. The molecule has 0 amide bonds. The molecule has 4 rings (SSSR count). The smallest absolute Gasteiger partial charge is 0.355 e. The van der Waals surface area contributed by atoms with Gasteiger partial charge in [0.15, 0.2) is 17.1 Å². The first-order valence-electron chi connectivity index (χ1n) is 12.0. The number of benzene rings is 2. The summed E-state index contributed by atoms with van der Waals surface area (Å²) in [6, 6.07) is 15.9. The molecule has 1 unspecified atom stereocenters. The summed E-state index contributed by atoms with van der Waals surface area (Å²) in [6.45, 7) is 6.80. The van der Waals surface area contributed by atoms with Crippen molar-refractivity contribution in [2.45, 2.75) is 52.8 Å². The van der Waals surface area contributed by atoms with Crippen molar-refractivity contribution in [2.75, 3.05) is 6.61 Å². The number of hydrogen-bond acceptors (Lipinski definition) is 6. The molecule has 0 bridgehead atoms. The van der Waals surface area contributed by atoms with Gasteiger partial charge < -0.3 is 14.4 Å². The number of nitrogens with zero attached hydrogens (tertiary/aromatic N) is 6. The summed E-state index contributed by atoms with van der Waals surface area (Å²) in [4.78, 5) is 17.6. The van der Waals surface area contributed by atoms with Crippen molar-refractivity contribution in [3.8, 4) is 22.5 Å². The molecule has 2 aromatic heterocycles. The van der Waals surface area contributed by atoms with Gasteiger partial charge in [-0.25, -0.2) is 9.78 Å². The van der Waals surface area contributed by atoms with Gasteiger partial charge >= 0.3 is 5.97 Å². The van der Waals surface area contributed by atoms with E-state index < -0.39 is 5.97 Å². The standard InChI is InChI=1S/C26H29ClN6O3/c1-4-6-11-22-28-24(27)23(26(34)35)32(22)16-18-12-14-19(15-13-18)20-9-7-8-10-21(20)25-29-31-33(30-25)17(3)36-5-2/h7-10,12-15,17H,4-6,11,16H2,1-3H3,(H,34,35). The van der Waals surface area contributed by atoms with E-state index in [0.717, 1.165) is 35.1 Å². The van der Waals surface area contributed by atoms with Gasteiger partial charge in [-0.15, -0.1) is 15.0 Å². The number of unbranched alkanes of at least 4 members (excludes halogenated alkanes) is 1. The molecule has 0 saturated heterocycles. The molecule has 188 valence electrons. The first-order valence-corrected chi connectivity index (χ1v) is 12.4. The molecule has 9 nitrogen and oxygen atoms in total. The molecule has 0 fully saturated rings. The fourth-order valence-corrected chi connectivity index (χ4v) is 4.34. The van der Waals surface area contributed by atoms with E-state index in [4.69, 9.17) is 16.3 Å². The topological polar surface area (TPSA) is 108 Å². The quantitative estimate of drug-likeness (QED) is 0.285. The van der Waals surface area contributed by atoms with E-state index in [1.165, 1.54) is 4.80 Å². The lowest BCUT2D eigenvalue weighted by Crippen LogP contribution is -2.13. The van der Waals surface area contributed by atoms with Gasteiger partial charge in [-0.05, 0) is 42.2 Å². The minimum atomic E-state index is -1.08. The molecule has 0 spiro atoms. The van der Waals surface area contributed by atoms with Gasteiger partial charge in [-0.1, -0.05) is 73.5 Å². The zero-order valence-corrected chi connectivity index (χ0v) is 21.3. The number of hydrogen-bond donors (Lipinski definition) is 1. The molecule has 1 N–H and O–H groups in total. The van der Waals surface area contributed by atoms with Crippen molar-refractivity contribution in [1.29, 1.82) is 0 Å². The van der Waals surface area contributed by atoms with Crippen LogP contribution in [-0.4, -0.2) is 47.4 Å². The Morgan fingerprint density at radius 1 is 1.11 bits per heavy atom. The number of imidazole rings is 1. The highest BCUT2D eigenvalue weighted by Gasteiger charge is 2.21. The first-order chi connectivity index (χ1) is 17.4. The van der Waals surface area contributed by atoms with Crippen molar-refractivity contribution in [3.05, 3.63) is 70.8 Å². The average molecular weight is 509 g/mol. The molecule has 0 radical (unpaired) electrons. The van der Waals surface area contributed by atoms with Gasteiger partial charge in [0.05, 0.1) is 0 Å². The molecular formula is C26H29ClN6O3. The van der Waals surface area contributed by atoms with E-state index in [-0.39, 0.29) is 17.1 Å². The van der Waals surface area contributed by atoms with E-state index >= 15 is 0 Å². The van der Waals surface area contributed by atoms with Crippen LogP contribution in [0.5, 0.6) is 0 Å². The average Bonchev–Trinajstić information content (AvgIpc) is 3.48. The number of ether oxygens (including phenoxy) is 1. The number of carboxylic acid groups (broad SMARTS) is 1. The van der Waals surface area contributed by atoms with Crippen molar-refractivity contribution in [3.63, 3.8) is 0 Å². The number of halogens is 1. The summed E-state index contributed by atoms with van der Waals surface area (Å²) >= 11 is 6.17. The largest absolute Gasteiger partial charge is 0.476 e. The zero-order chi connectivity index (χ0) is 25.7. The highest BCUT2D eigenvalue weighted by molar-refractivity contribution is 6.32. The Bertz CT molecular complexity index is 1330. The van der Waals surface area contributed by atoms with Crippen LogP contribution < -0.4 is 0 Å². The van der Waals surface area contributed by atoms with Crippen molar-refractivity contribution < 1.29 is 14.6 Å². The lowest BCUT2D eigenvalue weighted by Gasteiger charge is -2.12. The number of aromatic carboxylic acids is 1. The van der Waals surface area contributed by atoms with Gasteiger partial charge in [0.2, 0.25) is 5.82 Å². The first kappa shape index (κ1) is 25.5. The monoisotopic (exact) mass is 508 g/mol. The maximum atomic E-state index is 11.8. The summed E-state index contributed by atoms with van der Waals surface area (Å²) in [5, 5.41) is 22.6. The van der Waals surface area contributed by atoms with Crippen LogP contribution in [0.3, 0.4) is 0 Å². The molecule has 0 aliphatic heterocycles. The van der Waals surface area contributed by atoms with Crippen LogP contribution in [0.4, 0.5) is 0 Å². The third-order valence-electron chi connectivity index (χ3n) is 5.90. The molecular weight excluding hydrogens is 480 g/mol. The molecule has 1 atom stereocenters. The number of carboxylic acids is 1. The lowest BCUT2D eigenvalue weighted by molar-refractivity contribution is 0.00478. The minimum absolute atomic E-state index is 0.0210. The molecule has 0 saturated carbocycles. The number of aromatic nitrogens is 6. The van der Waals surface area contributed by atoms with Gasteiger partial charge in [-0.2, -0.15) is 0 Å². The second kappa shape index (κ2) is 11.5. The van der Waals surface area contributed by atoms with Gasteiger partial charge in [-0.3, -0.25) is 0 Å². The van der Waals surface area contributed by atoms with Gasteiger partial charge in [0.25, 0.3) is 0 Å². The predicted octanol–water partition coefficient (Wildman–Crippen LogP) is 5.50. The molecule has 36 heavy (non-hydrogen) atoms. The van der Waals surface area contributed by atoms with Gasteiger partial charge in [0, 0.05) is 25.1 Å². The molecule has 0 aliphatic rings. The number of aryl methyl sites for hydroxylation is 1. The third-order valence-corrected chi connectivity index (χ3v) is 6.16. The van der Waals surface area contributed by atoms with Crippen LogP contribution in [0.2, 0.25) is 5.15 Å². The van der Waals surface area contributed by atoms with Crippen LogP contribution >= 0.6 is 11.6 Å². The third kappa shape index (κ3) is 5.47. The van der Waals surface area contributed by atoms with Crippen LogP contribution in [-0.2, 0) is 17.7 Å². The number of rotatable bonds is 11. The van der Waals surface area contributed by atoms with Crippen LogP contribution in [0.25, 0.3) is 22.5 Å². The van der Waals surface area contributed by atoms with E-state index in [1.807, 2.05) is 62.4 Å². The van der Waals surface area contributed by atoms with E-state index in [0.29, 0.717) is 31.2 Å². The summed E-state index contributed by atoms with van der Waals surface area (Å²) in [6.07, 6.45) is 2.25. The highest BCUT2D eigenvalue weighted by Crippen LogP contribution is 2.30. The lowest BCUT2D eigenvalue weighted by atomic mass is 9.98. The van der Waals surface area contributed by atoms with Gasteiger partial charge in [0.1, 0.15) is 5.82 Å². The molecule has 2 aromatic carbocycles. The second-order valence-corrected chi connectivity index (χ2v) is 8.75. The summed E-state index contributed by atoms with van der Waals surface area (Å²) in [5.41, 5.74) is 3.77. The van der Waals surface area contributed by atoms with Crippen molar-refractivity contribution in [2.24, 2.45) is 0 Å². The van der Waals surface area contributed by atoms with Crippen LogP contribution in [0.15, 0.2) is 48.5 Å². The Morgan fingerprint density at radius 3 is 2.50 bits per heavy atom. The van der Waals surface area contributed by atoms with E-state index in [1.54, 1.807) is 4.57 Å². The van der Waals surface area contributed by atoms with Crippen molar-refractivity contribution in [1.82, 2.24) is 29.8 Å². The molecule has 4 aromatic rings. The Hall–Kier alpha value is -3.56. The summed E-state index contributed by atoms with van der Waals surface area (Å²) < 4.78 is 7.25. The summed E-state index contributed by atoms with van der Waals surface area (Å²) in [5.74, 6) is 0.116. The Balaban J connectivity index is 1.62. The fourth-order valence-electron chi connectivity index (χ4n) is 4.06. The number of tetrazole rings is 1. The Morgan fingerprint density at radius 2 is 1.83 bits per heavy atom. The molecule has 10 heteroatoms. The SMILES string of the molecule is CCCCc1nc(Cl)c(C(=O)O)n1Cc1ccc(-c2ccccc2-c2nnn(C(C)OCC)n2)cc1. The van der Waals surface area contributed by atoms with Crippen molar-refractivity contribution >= 4 is 17.6 Å². The van der Waals surface area contributed by atoms with E-state index in [2.05, 4.69) is 27.3 Å². The van der Waals surface area contributed by atoms with E-state index in [9.17, 15) is 9.90 Å². The normalized spacial score (nSPS) is 12.1. The molecule has 2 heterocycles. The predicted molar refractivity (Wildman–Crippen MR) is 137 cm³/mol. The molecule has 0 aliphatic carbocycles. The number of carbonyl (C=O) groups is 1. The fraction of sp³-hybridized carbons (Fsp3) is 0.346. The zero-order valence-electron chi connectivity index (χ0n) is 20.6. The Kier molecular flexibility index (Phi) is 8.12. The second-order valence-electron chi connectivity index (χ2n) is 8.39.